The Balaban J connectivity index is 1.48. The highest BCUT2D eigenvalue weighted by molar-refractivity contribution is 5.76. The van der Waals surface area contributed by atoms with Crippen LogP contribution in [0.1, 0.15) is 44.9 Å². The van der Waals surface area contributed by atoms with Crippen LogP contribution < -0.4 is 0 Å². The molecule has 0 aromatic heterocycles. The van der Waals surface area contributed by atoms with Crippen LogP contribution in [0.25, 0.3) is 0 Å². The molecule has 1 amide bonds. The minimum Gasteiger partial charge on any atom is -0.381 e. The van der Waals surface area contributed by atoms with E-state index in [1.807, 2.05) is 4.90 Å². The normalized spacial score (nSPS) is 29.6. The van der Waals surface area contributed by atoms with E-state index >= 15 is 0 Å². The molecule has 3 aliphatic rings. The molecule has 5 nitrogen and oxygen atoms in total. The van der Waals surface area contributed by atoms with Crippen LogP contribution in [0.15, 0.2) is 10.2 Å². The summed E-state index contributed by atoms with van der Waals surface area (Å²) >= 11 is 0. The van der Waals surface area contributed by atoms with Gasteiger partial charge in [-0.3, -0.25) is 4.79 Å². The van der Waals surface area contributed by atoms with Gasteiger partial charge in [-0.25, -0.2) is 0 Å². The summed E-state index contributed by atoms with van der Waals surface area (Å²) in [5.74, 6) is 2.85. The van der Waals surface area contributed by atoms with Crippen molar-refractivity contribution in [1.29, 1.82) is 0 Å². The number of terminal acetylenes is 1. The van der Waals surface area contributed by atoms with Crippen LogP contribution >= 0.6 is 0 Å². The van der Waals surface area contributed by atoms with Crippen molar-refractivity contribution in [3.05, 3.63) is 0 Å². The van der Waals surface area contributed by atoms with E-state index in [1.165, 1.54) is 6.42 Å². The summed E-state index contributed by atoms with van der Waals surface area (Å²) in [5.41, 5.74) is -0.116. The van der Waals surface area contributed by atoms with Gasteiger partial charge in [-0.05, 0) is 19.3 Å². The highest BCUT2D eigenvalue weighted by Crippen LogP contribution is 2.40. The van der Waals surface area contributed by atoms with Gasteiger partial charge >= 0.3 is 0 Å². The Bertz CT molecular complexity index is 468. The zero-order valence-electron chi connectivity index (χ0n) is 12.5. The third-order valence-corrected chi connectivity index (χ3v) is 4.99. The first-order valence-corrected chi connectivity index (χ1v) is 7.90. The summed E-state index contributed by atoms with van der Waals surface area (Å²) in [6.07, 6.45) is 11.3. The van der Waals surface area contributed by atoms with E-state index in [1.54, 1.807) is 0 Å². The van der Waals surface area contributed by atoms with Gasteiger partial charge in [0, 0.05) is 50.8 Å². The van der Waals surface area contributed by atoms with E-state index in [2.05, 4.69) is 16.1 Å². The second-order valence-electron chi connectivity index (χ2n) is 6.61. The molecule has 1 spiro atoms. The molecule has 2 fully saturated rings. The molecule has 0 radical (unpaired) electrons. The molecule has 5 heteroatoms. The molecule has 2 saturated heterocycles. The summed E-state index contributed by atoms with van der Waals surface area (Å²) in [4.78, 5) is 14.5. The van der Waals surface area contributed by atoms with Crippen LogP contribution in [0.2, 0.25) is 0 Å². The zero-order valence-corrected chi connectivity index (χ0v) is 12.5. The minimum absolute atomic E-state index is 0.226. The molecule has 3 rings (SSSR count). The molecule has 1 unspecified atom stereocenters. The molecule has 21 heavy (non-hydrogen) atoms. The molecule has 1 atom stereocenters. The monoisotopic (exact) mass is 289 g/mol. The van der Waals surface area contributed by atoms with E-state index in [-0.39, 0.29) is 17.0 Å². The van der Waals surface area contributed by atoms with Crippen LogP contribution in [0.3, 0.4) is 0 Å². The summed E-state index contributed by atoms with van der Waals surface area (Å²) in [7, 11) is 0. The van der Waals surface area contributed by atoms with Gasteiger partial charge in [0.05, 0.1) is 6.61 Å². The second-order valence-corrected chi connectivity index (χ2v) is 6.61. The molecule has 0 bridgehead atoms. The Kier molecular flexibility index (Phi) is 3.99. The number of amides is 1. The summed E-state index contributed by atoms with van der Waals surface area (Å²) in [6, 6.07) is 0. The van der Waals surface area contributed by atoms with Crippen LogP contribution in [-0.4, -0.2) is 42.8 Å². The molecular weight excluding hydrogens is 266 g/mol. The van der Waals surface area contributed by atoms with Gasteiger partial charge in [0.1, 0.15) is 0 Å². The fraction of sp³-hybridized carbons (Fsp3) is 0.812. The first kappa shape index (κ1) is 14.5. The van der Waals surface area contributed by atoms with Gasteiger partial charge in [0.2, 0.25) is 5.91 Å². The lowest BCUT2D eigenvalue weighted by Gasteiger charge is -2.39. The third-order valence-electron chi connectivity index (χ3n) is 4.99. The SMILES string of the molecule is C#CCCC1(CCC(=O)N2CCCC3(CCOC3)C2)N=N1. The topological polar surface area (TPSA) is 54.3 Å². The van der Waals surface area contributed by atoms with Gasteiger partial charge in [-0.2, -0.15) is 10.2 Å². The molecule has 114 valence electrons. The van der Waals surface area contributed by atoms with E-state index in [0.717, 1.165) is 45.6 Å². The van der Waals surface area contributed by atoms with Crippen LogP contribution in [-0.2, 0) is 9.53 Å². The van der Waals surface area contributed by atoms with Crippen molar-refractivity contribution in [2.75, 3.05) is 26.3 Å². The number of ether oxygens (including phenoxy) is 1. The van der Waals surface area contributed by atoms with Gasteiger partial charge in [-0.15, -0.1) is 12.3 Å². The Morgan fingerprint density at radius 2 is 2.19 bits per heavy atom. The van der Waals surface area contributed by atoms with Crippen LogP contribution in [0.5, 0.6) is 0 Å². The number of hydrogen-bond donors (Lipinski definition) is 0. The number of rotatable bonds is 5. The molecule has 0 aliphatic carbocycles. The standard InChI is InChI=1S/C16H23N3O2/c1-2-3-7-16(17-18-16)8-5-14(20)19-10-4-6-15(12-19)9-11-21-13-15/h1H,3-13H2. The fourth-order valence-electron chi connectivity index (χ4n) is 3.53. The molecule has 0 N–H and O–H groups in total. The lowest BCUT2D eigenvalue weighted by atomic mass is 9.79. The van der Waals surface area contributed by atoms with Gasteiger partial charge in [0.25, 0.3) is 0 Å². The van der Waals surface area contributed by atoms with Gasteiger partial charge < -0.3 is 9.64 Å². The van der Waals surface area contributed by atoms with E-state index in [9.17, 15) is 4.79 Å². The second kappa shape index (κ2) is 5.76. The molecule has 3 heterocycles. The quantitative estimate of drug-likeness (QED) is 0.730. The molecular formula is C16H23N3O2. The highest BCUT2D eigenvalue weighted by Gasteiger charge is 2.42. The van der Waals surface area contributed by atoms with Gasteiger partial charge in [-0.1, -0.05) is 0 Å². The Morgan fingerprint density at radius 1 is 1.33 bits per heavy atom. The largest absolute Gasteiger partial charge is 0.381 e. The number of likely N-dealkylation sites (tertiary alicyclic amines) is 1. The van der Waals surface area contributed by atoms with Crippen LogP contribution in [0, 0.1) is 17.8 Å². The lowest BCUT2D eigenvalue weighted by Crippen LogP contribution is -2.46. The minimum atomic E-state index is -0.341. The van der Waals surface area contributed by atoms with Crippen molar-refractivity contribution >= 4 is 5.91 Å². The van der Waals surface area contributed by atoms with E-state index in [0.29, 0.717) is 19.3 Å². The Labute approximate surface area is 126 Å². The molecule has 0 aromatic rings. The number of nitrogens with zero attached hydrogens (tertiary/aromatic N) is 3. The Morgan fingerprint density at radius 3 is 2.86 bits per heavy atom. The van der Waals surface area contributed by atoms with E-state index in [4.69, 9.17) is 11.2 Å². The highest BCUT2D eigenvalue weighted by atomic mass is 16.5. The van der Waals surface area contributed by atoms with Crippen molar-refractivity contribution in [1.82, 2.24) is 4.90 Å². The zero-order chi connectivity index (χ0) is 14.8. The summed E-state index contributed by atoms with van der Waals surface area (Å²) < 4.78 is 5.55. The lowest BCUT2D eigenvalue weighted by molar-refractivity contribution is -0.135. The third kappa shape index (κ3) is 3.26. The molecule has 0 saturated carbocycles. The average molecular weight is 289 g/mol. The van der Waals surface area contributed by atoms with Gasteiger partial charge in [0.15, 0.2) is 5.66 Å². The predicted octanol–water partition coefficient (Wildman–Crippen LogP) is 2.37. The molecule has 0 aromatic carbocycles. The van der Waals surface area contributed by atoms with Crippen molar-refractivity contribution in [2.24, 2.45) is 15.6 Å². The van der Waals surface area contributed by atoms with Crippen molar-refractivity contribution in [3.8, 4) is 12.3 Å². The summed E-state index contributed by atoms with van der Waals surface area (Å²) in [6.45, 7) is 3.40. The average Bonchev–Trinajstić information content (AvgIpc) is 3.15. The maximum atomic E-state index is 12.4. The molecule has 3 aliphatic heterocycles. The maximum Gasteiger partial charge on any atom is 0.222 e. The van der Waals surface area contributed by atoms with Crippen molar-refractivity contribution in [3.63, 3.8) is 0 Å². The number of carbonyl (C=O) groups is 1. The van der Waals surface area contributed by atoms with Crippen molar-refractivity contribution in [2.45, 2.75) is 50.6 Å². The number of carbonyl (C=O) groups excluding carboxylic acids is 1. The summed E-state index contributed by atoms with van der Waals surface area (Å²) in [5, 5.41) is 8.20. The maximum absolute atomic E-state index is 12.4. The fourth-order valence-corrected chi connectivity index (χ4v) is 3.53. The Hall–Kier alpha value is -1.41. The predicted molar refractivity (Wildman–Crippen MR) is 78.6 cm³/mol. The van der Waals surface area contributed by atoms with Crippen LogP contribution in [0.4, 0.5) is 0 Å². The number of piperidine rings is 1. The van der Waals surface area contributed by atoms with Crippen molar-refractivity contribution < 1.29 is 9.53 Å². The first-order chi connectivity index (χ1) is 10.2. The number of hydrogen-bond acceptors (Lipinski definition) is 4. The van der Waals surface area contributed by atoms with E-state index < -0.39 is 0 Å². The first-order valence-electron chi connectivity index (χ1n) is 7.90. The smallest absolute Gasteiger partial charge is 0.222 e.